The molecule has 3 rings (SSSR count). The molecule has 1 atom stereocenters. The van der Waals surface area contributed by atoms with Gasteiger partial charge in [0.15, 0.2) is 0 Å². The standard InChI is InChI=1S/C18H17ClO4/c19-15-5-7-16(8-6-15)21-9-10-22-18(20)14-11-13-3-1-2-4-17(13)23-12-14/h1-8,14H,9-12H2. The molecular weight excluding hydrogens is 316 g/mol. The number of hydrogen-bond donors (Lipinski definition) is 0. The number of carbonyl (C=O) groups excluding carboxylic acids is 1. The molecule has 2 aromatic carbocycles. The monoisotopic (exact) mass is 332 g/mol. The van der Waals surface area contributed by atoms with E-state index >= 15 is 0 Å². The van der Waals surface area contributed by atoms with Gasteiger partial charge in [-0.1, -0.05) is 29.8 Å². The average Bonchev–Trinajstić information content (AvgIpc) is 2.59. The number of benzene rings is 2. The summed E-state index contributed by atoms with van der Waals surface area (Å²) in [5.74, 6) is 1.03. The molecule has 0 spiro atoms. The highest BCUT2D eigenvalue weighted by Gasteiger charge is 2.26. The van der Waals surface area contributed by atoms with Crippen LogP contribution in [-0.4, -0.2) is 25.8 Å². The fourth-order valence-corrected chi connectivity index (χ4v) is 2.56. The summed E-state index contributed by atoms with van der Waals surface area (Å²) in [5, 5.41) is 0.654. The molecule has 1 heterocycles. The van der Waals surface area contributed by atoms with E-state index in [1.807, 2.05) is 24.3 Å². The van der Waals surface area contributed by atoms with Crippen LogP contribution >= 0.6 is 11.6 Å². The predicted octanol–water partition coefficient (Wildman–Crippen LogP) is 3.51. The summed E-state index contributed by atoms with van der Waals surface area (Å²) < 4.78 is 16.4. The first kappa shape index (κ1) is 15.7. The first-order valence-electron chi connectivity index (χ1n) is 7.48. The Morgan fingerprint density at radius 2 is 1.91 bits per heavy atom. The maximum Gasteiger partial charge on any atom is 0.312 e. The number of fused-ring (bicyclic) bond motifs is 1. The summed E-state index contributed by atoms with van der Waals surface area (Å²) in [4.78, 5) is 12.1. The lowest BCUT2D eigenvalue weighted by Crippen LogP contribution is -2.30. The molecule has 120 valence electrons. The van der Waals surface area contributed by atoms with E-state index in [1.165, 1.54) is 0 Å². The molecule has 0 saturated heterocycles. The first-order chi connectivity index (χ1) is 11.2. The quantitative estimate of drug-likeness (QED) is 0.621. The lowest BCUT2D eigenvalue weighted by molar-refractivity contribution is -0.150. The second-order valence-corrected chi connectivity index (χ2v) is 5.73. The van der Waals surface area contributed by atoms with E-state index in [0.717, 1.165) is 11.3 Å². The molecule has 0 bridgehead atoms. The van der Waals surface area contributed by atoms with Gasteiger partial charge in [0.05, 0.1) is 5.92 Å². The van der Waals surface area contributed by atoms with E-state index in [1.54, 1.807) is 24.3 Å². The van der Waals surface area contributed by atoms with Gasteiger partial charge in [-0.3, -0.25) is 4.79 Å². The van der Waals surface area contributed by atoms with Crippen molar-refractivity contribution >= 4 is 17.6 Å². The Morgan fingerprint density at radius 3 is 2.74 bits per heavy atom. The Labute approximate surface area is 139 Å². The third-order valence-electron chi connectivity index (χ3n) is 3.62. The average molecular weight is 333 g/mol. The van der Waals surface area contributed by atoms with E-state index in [0.29, 0.717) is 30.4 Å². The highest BCUT2D eigenvalue weighted by Crippen LogP contribution is 2.27. The molecule has 2 aromatic rings. The Morgan fingerprint density at radius 1 is 1.13 bits per heavy atom. The molecule has 4 nitrogen and oxygen atoms in total. The summed E-state index contributed by atoms with van der Waals surface area (Å²) >= 11 is 5.80. The molecule has 5 heteroatoms. The summed E-state index contributed by atoms with van der Waals surface area (Å²) in [5.41, 5.74) is 1.04. The highest BCUT2D eigenvalue weighted by atomic mass is 35.5. The van der Waals surface area contributed by atoms with Crippen LogP contribution in [0.5, 0.6) is 11.5 Å². The number of hydrogen-bond acceptors (Lipinski definition) is 4. The third-order valence-corrected chi connectivity index (χ3v) is 3.87. The molecule has 0 saturated carbocycles. The molecule has 0 aliphatic carbocycles. The molecule has 1 unspecified atom stereocenters. The van der Waals surface area contributed by atoms with Crippen LogP contribution in [0.2, 0.25) is 5.02 Å². The van der Waals surface area contributed by atoms with Crippen LogP contribution in [-0.2, 0) is 16.0 Å². The minimum absolute atomic E-state index is 0.208. The fraction of sp³-hybridized carbons (Fsp3) is 0.278. The highest BCUT2D eigenvalue weighted by molar-refractivity contribution is 6.30. The number of ether oxygens (including phenoxy) is 3. The lowest BCUT2D eigenvalue weighted by Gasteiger charge is -2.23. The molecule has 0 aromatic heterocycles. The van der Waals surface area contributed by atoms with Crippen LogP contribution in [0.4, 0.5) is 0 Å². The van der Waals surface area contributed by atoms with Gasteiger partial charge in [0.2, 0.25) is 0 Å². The summed E-state index contributed by atoms with van der Waals surface area (Å²) in [6.45, 7) is 0.866. The smallest absolute Gasteiger partial charge is 0.312 e. The van der Waals surface area contributed by atoms with Crippen LogP contribution < -0.4 is 9.47 Å². The molecule has 1 aliphatic heterocycles. The van der Waals surface area contributed by atoms with Gasteiger partial charge < -0.3 is 14.2 Å². The van der Waals surface area contributed by atoms with Crippen LogP contribution in [0.25, 0.3) is 0 Å². The molecule has 0 radical (unpaired) electrons. The zero-order chi connectivity index (χ0) is 16.1. The van der Waals surface area contributed by atoms with Crippen LogP contribution in [0.3, 0.4) is 0 Å². The zero-order valence-corrected chi connectivity index (χ0v) is 13.3. The van der Waals surface area contributed by atoms with Gasteiger partial charge in [-0.15, -0.1) is 0 Å². The number of esters is 1. The number of rotatable bonds is 5. The van der Waals surface area contributed by atoms with E-state index in [9.17, 15) is 4.79 Å². The Balaban J connectivity index is 1.42. The largest absolute Gasteiger partial charge is 0.492 e. The zero-order valence-electron chi connectivity index (χ0n) is 12.5. The molecule has 0 N–H and O–H groups in total. The summed E-state index contributed by atoms with van der Waals surface area (Å²) in [6, 6.07) is 14.8. The van der Waals surface area contributed by atoms with Gasteiger partial charge >= 0.3 is 5.97 Å². The second-order valence-electron chi connectivity index (χ2n) is 5.29. The van der Waals surface area contributed by atoms with Gasteiger partial charge in [-0.2, -0.15) is 0 Å². The maximum absolute atomic E-state index is 12.1. The van der Waals surface area contributed by atoms with E-state index in [4.69, 9.17) is 25.8 Å². The fourth-order valence-electron chi connectivity index (χ4n) is 2.43. The van der Waals surface area contributed by atoms with Crippen molar-refractivity contribution in [3.63, 3.8) is 0 Å². The minimum atomic E-state index is -0.263. The van der Waals surface area contributed by atoms with Crippen LogP contribution in [0.15, 0.2) is 48.5 Å². The normalized spacial score (nSPS) is 16.1. The number of halogens is 1. The van der Waals surface area contributed by atoms with Gasteiger partial charge in [0.1, 0.15) is 31.3 Å². The van der Waals surface area contributed by atoms with E-state index < -0.39 is 0 Å². The van der Waals surface area contributed by atoms with Crippen molar-refractivity contribution in [2.45, 2.75) is 6.42 Å². The number of para-hydroxylation sites is 1. The van der Waals surface area contributed by atoms with Crippen molar-refractivity contribution < 1.29 is 19.0 Å². The number of carbonyl (C=O) groups is 1. The summed E-state index contributed by atoms with van der Waals surface area (Å²) in [6.07, 6.45) is 0.646. The Kier molecular flexibility index (Phi) is 5.03. The van der Waals surface area contributed by atoms with Crippen molar-refractivity contribution in [2.75, 3.05) is 19.8 Å². The maximum atomic E-state index is 12.1. The molecular formula is C18H17ClO4. The second kappa shape index (κ2) is 7.38. The predicted molar refractivity (Wildman–Crippen MR) is 87.0 cm³/mol. The molecule has 0 fully saturated rings. The van der Waals surface area contributed by atoms with Gasteiger partial charge in [0, 0.05) is 5.02 Å². The first-order valence-corrected chi connectivity index (χ1v) is 7.86. The molecule has 1 aliphatic rings. The van der Waals surface area contributed by atoms with Crippen molar-refractivity contribution in [1.29, 1.82) is 0 Å². The van der Waals surface area contributed by atoms with Crippen LogP contribution in [0, 0.1) is 5.92 Å². The van der Waals surface area contributed by atoms with Crippen molar-refractivity contribution in [1.82, 2.24) is 0 Å². The Bertz CT molecular complexity index is 669. The van der Waals surface area contributed by atoms with Crippen LogP contribution in [0.1, 0.15) is 5.56 Å². The van der Waals surface area contributed by atoms with Crippen molar-refractivity contribution in [2.24, 2.45) is 5.92 Å². The van der Waals surface area contributed by atoms with Crippen molar-refractivity contribution in [3.8, 4) is 11.5 Å². The molecule has 0 amide bonds. The van der Waals surface area contributed by atoms with Gasteiger partial charge in [-0.25, -0.2) is 0 Å². The Hall–Kier alpha value is -2.20. The summed E-state index contributed by atoms with van der Waals surface area (Å²) in [7, 11) is 0. The van der Waals surface area contributed by atoms with Gasteiger partial charge in [0.25, 0.3) is 0 Å². The van der Waals surface area contributed by atoms with Gasteiger partial charge in [-0.05, 0) is 42.3 Å². The lowest BCUT2D eigenvalue weighted by atomic mass is 9.97. The third kappa shape index (κ3) is 4.17. The van der Waals surface area contributed by atoms with E-state index in [2.05, 4.69) is 0 Å². The topological polar surface area (TPSA) is 44.8 Å². The van der Waals surface area contributed by atoms with Crippen molar-refractivity contribution in [3.05, 3.63) is 59.1 Å². The SMILES string of the molecule is O=C(OCCOc1ccc(Cl)cc1)C1COc2ccccc2C1. The van der Waals surface area contributed by atoms with E-state index in [-0.39, 0.29) is 18.5 Å². The molecule has 23 heavy (non-hydrogen) atoms. The minimum Gasteiger partial charge on any atom is -0.492 e.